The van der Waals surface area contributed by atoms with Gasteiger partial charge in [0.05, 0.1) is 0 Å². The highest BCUT2D eigenvalue weighted by atomic mass is 35.5. The van der Waals surface area contributed by atoms with Crippen LogP contribution in [-0.2, 0) is 4.79 Å². The van der Waals surface area contributed by atoms with E-state index in [1.165, 1.54) is 19.3 Å². The van der Waals surface area contributed by atoms with Gasteiger partial charge in [-0.3, -0.25) is 4.79 Å². The molecule has 1 saturated heterocycles. The number of nitrogens with zero attached hydrogens (tertiary/aromatic N) is 1. The van der Waals surface area contributed by atoms with Gasteiger partial charge < -0.3 is 10.6 Å². The number of carbonyl (C=O) groups is 1. The van der Waals surface area contributed by atoms with Crippen LogP contribution >= 0.6 is 12.4 Å². The first-order valence-corrected chi connectivity index (χ1v) is 6.70. The minimum atomic E-state index is 0. The third-order valence-electron chi connectivity index (χ3n) is 4.31. The van der Waals surface area contributed by atoms with E-state index in [-0.39, 0.29) is 12.4 Å². The Kier molecular flexibility index (Phi) is 5.74. The number of hydrogen-bond acceptors (Lipinski definition) is 2. The van der Waals surface area contributed by atoms with Gasteiger partial charge in [-0.25, -0.2) is 0 Å². The van der Waals surface area contributed by atoms with Crippen molar-refractivity contribution in [3.63, 3.8) is 0 Å². The number of amides is 1. The van der Waals surface area contributed by atoms with Crippen LogP contribution in [0, 0.1) is 11.8 Å². The number of hydrogen-bond donors (Lipinski definition) is 1. The van der Waals surface area contributed by atoms with Crippen molar-refractivity contribution in [2.24, 2.45) is 17.6 Å². The van der Waals surface area contributed by atoms with E-state index >= 15 is 0 Å². The second-order valence-electron chi connectivity index (χ2n) is 5.57. The number of rotatable bonds is 4. The molecule has 0 bridgehead atoms. The fourth-order valence-electron chi connectivity index (χ4n) is 2.91. The number of carbonyl (C=O) groups excluding carboxylic acids is 1. The van der Waals surface area contributed by atoms with Crippen LogP contribution in [0.3, 0.4) is 0 Å². The van der Waals surface area contributed by atoms with Gasteiger partial charge in [0.25, 0.3) is 0 Å². The minimum absolute atomic E-state index is 0. The molecule has 0 spiro atoms. The second-order valence-corrected chi connectivity index (χ2v) is 5.57. The summed E-state index contributed by atoms with van der Waals surface area (Å²) in [4.78, 5) is 14.1. The highest BCUT2D eigenvalue weighted by molar-refractivity contribution is 5.85. The van der Waals surface area contributed by atoms with E-state index in [4.69, 9.17) is 5.73 Å². The minimum Gasteiger partial charge on any atom is -0.340 e. The summed E-state index contributed by atoms with van der Waals surface area (Å²) in [5.74, 6) is 1.73. The van der Waals surface area contributed by atoms with Crippen molar-refractivity contribution in [1.29, 1.82) is 0 Å². The topological polar surface area (TPSA) is 46.3 Å². The molecule has 1 aliphatic heterocycles. The summed E-state index contributed by atoms with van der Waals surface area (Å²) < 4.78 is 0. The molecule has 0 aromatic rings. The van der Waals surface area contributed by atoms with Crippen LogP contribution in [0.5, 0.6) is 0 Å². The smallest absolute Gasteiger partial charge is 0.222 e. The Morgan fingerprint density at radius 2 is 2.06 bits per heavy atom. The Morgan fingerprint density at radius 3 is 2.53 bits per heavy atom. The molecular formula is C13H25ClN2O. The molecule has 0 radical (unpaired) electrons. The molecule has 1 saturated carbocycles. The molecule has 2 aliphatic rings. The Balaban J connectivity index is 0.00000144. The zero-order chi connectivity index (χ0) is 11.5. The number of nitrogens with two attached hydrogens (primary N) is 1. The molecule has 2 fully saturated rings. The van der Waals surface area contributed by atoms with Crippen LogP contribution in [-0.4, -0.2) is 29.9 Å². The lowest BCUT2D eigenvalue weighted by molar-refractivity contribution is -0.132. The first-order valence-electron chi connectivity index (χ1n) is 6.70. The Hall–Kier alpha value is -0.280. The number of halogens is 1. The van der Waals surface area contributed by atoms with Gasteiger partial charge in [-0.05, 0) is 38.1 Å². The predicted octanol–water partition coefficient (Wildman–Crippen LogP) is 2.18. The van der Waals surface area contributed by atoms with Crippen LogP contribution in [0.15, 0.2) is 0 Å². The third kappa shape index (κ3) is 3.59. The first-order chi connectivity index (χ1) is 7.70. The van der Waals surface area contributed by atoms with Crippen molar-refractivity contribution < 1.29 is 4.79 Å². The molecule has 1 heterocycles. The molecule has 2 N–H and O–H groups in total. The Bertz CT molecular complexity index is 256. The van der Waals surface area contributed by atoms with Crippen LogP contribution in [0.2, 0.25) is 0 Å². The van der Waals surface area contributed by atoms with Gasteiger partial charge in [0.2, 0.25) is 5.91 Å². The summed E-state index contributed by atoms with van der Waals surface area (Å²) in [6, 6.07) is 0.405. The van der Waals surface area contributed by atoms with Gasteiger partial charge >= 0.3 is 0 Å². The van der Waals surface area contributed by atoms with E-state index in [1.54, 1.807) is 0 Å². The maximum Gasteiger partial charge on any atom is 0.222 e. The quantitative estimate of drug-likeness (QED) is 0.842. The van der Waals surface area contributed by atoms with E-state index < -0.39 is 0 Å². The lowest BCUT2D eigenvalue weighted by Gasteiger charge is -2.27. The molecule has 17 heavy (non-hydrogen) atoms. The van der Waals surface area contributed by atoms with Crippen LogP contribution in [0.4, 0.5) is 0 Å². The predicted molar refractivity (Wildman–Crippen MR) is 72.2 cm³/mol. The van der Waals surface area contributed by atoms with Gasteiger partial charge in [0.1, 0.15) is 0 Å². The van der Waals surface area contributed by atoms with Gasteiger partial charge in [-0.15, -0.1) is 12.4 Å². The maximum atomic E-state index is 12.0. The van der Waals surface area contributed by atoms with Crippen molar-refractivity contribution in [3.05, 3.63) is 0 Å². The molecule has 3 nitrogen and oxygen atoms in total. The lowest BCUT2D eigenvalue weighted by atomic mass is 9.82. The number of likely N-dealkylation sites (tertiary alicyclic amines) is 1. The second kappa shape index (κ2) is 6.60. The molecule has 2 atom stereocenters. The van der Waals surface area contributed by atoms with Gasteiger partial charge in [-0.2, -0.15) is 0 Å². The van der Waals surface area contributed by atoms with Gasteiger partial charge in [0, 0.05) is 19.0 Å². The van der Waals surface area contributed by atoms with Crippen LogP contribution < -0.4 is 5.73 Å². The summed E-state index contributed by atoms with van der Waals surface area (Å²) in [5.41, 5.74) is 5.67. The standard InChI is InChI=1S/C13H24N2O.ClH/c1-10-7-12(8-14)9-15(10)13(16)6-5-11-3-2-4-11;/h10-12H,2-9,14H2,1H3;1H. The molecule has 0 aromatic carbocycles. The molecule has 4 heteroatoms. The molecule has 0 aromatic heterocycles. The monoisotopic (exact) mass is 260 g/mol. The van der Waals surface area contributed by atoms with Crippen molar-refractivity contribution in [2.75, 3.05) is 13.1 Å². The van der Waals surface area contributed by atoms with Crippen LogP contribution in [0.1, 0.15) is 45.4 Å². The molecule has 1 aliphatic carbocycles. The SMILES string of the molecule is CC1CC(CN)CN1C(=O)CCC1CCC1.Cl. The fraction of sp³-hybridized carbons (Fsp3) is 0.923. The molecule has 1 amide bonds. The first kappa shape index (κ1) is 14.8. The molecular weight excluding hydrogens is 236 g/mol. The molecule has 100 valence electrons. The van der Waals surface area contributed by atoms with Crippen molar-refractivity contribution in [2.45, 2.75) is 51.5 Å². The summed E-state index contributed by atoms with van der Waals surface area (Å²) in [6.45, 7) is 3.76. The average Bonchev–Trinajstić information content (AvgIpc) is 2.57. The Morgan fingerprint density at radius 1 is 1.35 bits per heavy atom. The van der Waals surface area contributed by atoms with E-state index in [2.05, 4.69) is 11.8 Å². The zero-order valence-corrected chi connectivity index (χ0v) is 11.5. The van der Waals surface area contributed by atoms with Gasteiger partial charge in [0.15, 0.2) is 0 Å². The van der Waals surface area contributed by atoms with E-state index in [0.717, 1.165) is 38.3 Å². The molecule has 2 unspecified atom stereocenters. The molecule has 2 rings (SSSR count). The fourth-order valence-corrected chi connectivity index (χ4v) is 2.91. The van der Waals surface area contributed by atoms with E-state index in [1.807, 2.05) is 0 Å². The van der Waals surface area contributed by atoms with Gasteiger partial charge in [-0.1, -0.05) is 19.3 Å². The maximum absolute atomic E-state index is 12.0. The van der Waals surface area contributed by atoms with Crippen molar-refractivity contribution in [1.82, 2.24) is 4.90 Å². The average molecular weight is 261 g/mol. The normalized spacial score (nSPS) is 28.7. The summed E-state index contributed by atoms with van der Waals surface area (Å²) in [6.07, 6.45) is 7.00. The highest BCUT2D eigenvalue weighted by Crippen LogP contribution is 2.31. The van der Waals surface area contributed by atoms with Crippen molar-refractivity contribution >= 4 is 18.3 Å². The summed E-state index contributed by atoms with van der Waals surface area (Å²) >= 11 is 0. The van der Waals surface area contributed by atoms with Crippen molar-refractivity contribution in [3.8, 4) is 0 Å². The lowest BCUT2D eigenvalue weighted by Crippen LogP contribution is -2.34. The summed E-state index contributed by atoms with van der Waals surface area (Å²) in [5, 5.41) is 0. The van der Waals surface area contributed by atoms with Crippen LogP contribution in [0.25, 0.3) is 0 Å². The zero-order valence-electron chi connectivity index (χ0n) is 10.7. The summed E-state index contributed by atoms with van der Waals surface area (Å²) in [7, 11) is 0. The Labute approximate surface area is 111 Å². The van der Waals surface area contributed by atoms with E-state index in [0.29, 0.717) is 17.9 Å². The largest absolute Gasteiger partial charge is 0.340 e. The third-order valence-corrected chi connectivity index (χ3v) is 4.31. The highest BCUT2D eigenvalue weighted by Gasteiger charge is 2.31. The van der Waals surface area contributed by atoms with E-state index in [9.17, 15) is 4.79 Å².